The van der Waals surface area contributed by atoms with E-state index in [-0.39, 0.29) is 5.78 Å². The van der Waals surface area contributed by atoms with Gasteiger partial charge in [-0.25, -0.2) is 0 Å². The molecule has 1 aromatic carbocycles. The lowest BCUT2D eigenvalue weighted by atomic mass is 10.2. The van der Waals surface area contributed by atoms with Gasteiger partial charge in [0.15, 0.2) is 5.78 Å². The topological polar surface area (TPSA) is 23.6 Å². The summed E-state index contributed by atoms with van der Waals surface area (Å²) in [7, 11) is 2.02. The molecule has 16 heavy (non-hydrogen) atoms. The van der Waals surface area contributed by atoms with Crippen molar-refractivity contribution in [2.75, 3.05) is 23.4 Å². The first-order valence-corrected chi connectivity index (χ1v) is 5.62. The quantitative estimate of drug-likeness (QED) is 0.661. The fraction of sp³-hybridized carbons (Fsp3) is 0.308. The number of rotatable bonds is 0. The summed E-state index contributed by atoms with van der Waals surface area (Å²) in [6.07, 6.45) is 3.37. The molecule has 0 atom stereocenters. The molecule has 0 N–H and O–H groups in total. The Kier molecular flexibility index (Phi) is 1.99. The summed E-state index contributed by atoms with van der Waals surface area (Å²) in [5.74, 6) is 1.25. The van der Waals surface area contributed by atoms with Crippen molar-refractivity contribution in [3.63, 3.8) is 0 Å². The molecule has 0 bridgehead atoms. The van der Waals surface area contributed by atoms with E-state index in [9.17, 15) is 4.79 Å². The summed E-state index contributed by atoms with van der Waals surface area (Å²) in [6, 6.07) is 8.28. The van der Waals surface area contributed by atoms with Crippen LogP contribution in [0.25, 0.3) is 0 Å². The molecule has 3 nitrogen and oxygen atoms in total. The molecule has 0 aliphatic carbocycles. The number of nitrogens with zero attached hydrogens (tertiary/aromatic N) is 2. The lowest BCUT2D eigenvalue weighted by Crippen LogP contribution is -2.25. The van der Waals surface area contributed by atoms with E-state index in [4.69, 9.17) is 0 Å². The van der Waals surface area contributed by atoms with Crippen LogP contribution in [0.3, 0.4) is 0 Å². The maximum atomic E-state index is 11.6. The van der Waals surface area contributed by atoms with E-state index in [1.165, 1.54) is 11.4 Å². The summed E-state index contributed by atoms with van der Waals surface area (Å²) in [5, 5.41) is 0. The minimum atomic E-state index is 0.233. The fourth-order valence-electron chi connectivity index (χ4n) is 2.44. The van der Waals surface area contributed by atoms with Crippen molar-refractivity contribution in [1.82, 2.24) is 0 Å². The lowest BCUT2D eigenvalue weighted by Gasteiger charge is -2.20. The Morgan fingerprint density at radius 3 is 2.75 bits per heavy atom. The normalized spacial score (nSPS) is 19.1. The summed E-state index contributed by atoms with van der Waals surface area (Å²) < 4.78 is 0. The van der Waals surface area contributed by atoms with Gasteiger partial charge in [-0.05, 0) is 18.6 Å². The highest BCUT2D eigenvalue weighted by molar-refractivity contribution is 5.95. The third kappa shape index (κ3) is 1.24. The molecule has 3 heteroatoms. The van der Waals surface area contributed by atoms with E-state index in [0.717, 1.165) is 18.8 Å². The van der Waals surface area contributed by atoms with Gasteiger partial charge in [0.2, 0.25) is 0 Å². The second kappa shape index (κ2) is 3.37. The number of benzene rings is 1. The Labute approximate surface area is 95.0 Å². The average molecular weight is 214 g/mol. The highest BCUT2D eigenvalue weighted by Crippen LogP contribution is 2.41. The van der Waals surface area contributed by atoms with E-state index in [2.05, 4.69) is 21.9 Å². The molecule has 0 saturated heterocycles. The van der Waals surface area contributed by atoms with E-state index in [1.54, 1.807) is 6.08 Å². The second-order valence-electron chi connectivity index (χ2n) is 4.27. The molecule has 0 amide bonds. The van der Waals surface area contributed by atoms with E-state index in [1.807, 2.05) is 19.2 Å². The third-order valence-corrected chi connectivity index (χ3v) is 3.25. The van der Waals surface area contributed by atoms with Crippen molar-refractivity contribution in [3.05, 3.63) is 36.2 Å². The molecular weight excluding hydrogens is 200 g/mol. The van der Waals surface area contributed by atoms with Crippen molar-refractivity contribution < 1.29 is 4.79 Å². The molecule has 3 rings (SSSR count). The molecule has 2 heterocycles. The molecule has 0 saturated carbocycles. The largest absolute Gasteiger partial charge is 0.329 e. The maximum absolute atomic E-state index is 11.6. The number of hydrogen-bond acceptors (Lipinski definition) is 3. The van der Waals surface area contributed by atoms with Crippen LogP contribution >= 0.6 is 0 Å². The number of allylic oxidation sites excluding steroid dienone is 1. The first-order chi connectivity index (χ1) is 7.77. The van der Waals surface area contributed by atoms with Gasteiger partial charge in [-0.1, -0.05) is 12.1 Å². The average Bonchev–Trinajstić information content (AvgIpc) is 2.47. The maximum Gasteiger partial charge on any atom is 0.159 e. The van der Waals surface area contributed by atoms with Gasteiger partial charge in [0, 0.05) is 26.1 Å². The summed E-state index contributed by atoms with van der Waals surface area (Å²) in [6.45, 7) is 0.929. The van der Waals surface area contributed by atoms with E-state index < -0.39 is 0 Å². The van der Waals surface area contributed by atoms with Crippen LogP contribution in [0.1, 0.15) is 12.8 Å². The molecule has 1 aromatic rings. The second-order valence-corrected chi connectivity index (χ2v) is 4.27. The molecular formula is C13H14N2O. The zero-order valence-corrected chi connectivity index (χ0v) is 9.31. The van der Waals surface area contributed by atoms with Crippen LogP contribution in [-0.2, 0) is 4.79 Å². The molecule has 0 aromatic heterocycles. The minimum Gasteiger partial charge on any atom is -0.329 e. The van der Waals surface area contributed by atoms with Gasteiger partial charge in [0.05, 0.1) is 11.4 Å². The van der Waals surface area contributed by atoms with Gasteiger partial charge in [0.1, 0.15) is 5.82 Å². The predicted octanol–water partition coefficient (Wildman–Crippen LogP) is 2.15. The molecule has 0 fully saturated rings. The smallest absolute Gasteiger partial charge is 0.159 e. The number of fused-ring (bicyclic) bond motifs is 3. The molecule has 82 valence electrons. The van der Waals surface area contributed by atoms with Crippen LogP contribution in [0.2, 0.25) is 0 Å². The Bertz CT molecular complexity index is 479. The molecule has 0 radical (unpaired) electrons. The zero-order valence-electron chi connectivity index (χ0n) is 9.31. The fourth-order valence-corrected chi connectivity index (χ4v) is 2.44. The number of hydrogen-bond donors (Lipinski definition) is 0. The highest BCUT2D eigenvalue weighted by Gasteiger charge is 2.30. The van der Waals surface area contributed by atoms with Crippen molar-refractivity contribution in [2.24, 2.45) is 0 Å². The van der Waals surface area contributed by atoms with Crippen molar-refractivity contribution in [1.29, 1.82) is 0 Å². The Morgan fingerprint density at radius 2 is 1.94 bits per heavy atom. The highest BCUT2D eigenvalue weighted by atomic mass is 16.1. The van der Waals surface area contributed by atoms with Gasteiger partial charge in [-0.15, -0.1) is 0 Å². The molecule has 0 spiro atoms. The predicted molar refractivity (Wildman–Crippen MR) is 64.5 cm³/mol. The number of carbonyl (C=O) groups excluding carboxylic acids is 1. The first-order valence-electron chi connectivity index (χ1n) is 5.62. The van der Waals surface area contributed by atoms with Crippen LogP contribution < -0.4 is 9.80 Å². The number of para-hydroxylation sites is 2. The monoisotopic (exact) mass is 214 g/mol. The minimum absolute atomic E-state index is 0.233. The van der Waals surface area contributed by atoms with Crippen LogP contribution in [0.15, 0.2) is 36.2 Å². The lowest BCUT2D eigenvalue weighted by molar-refractivity contribution is -0.114. The van der Waals surface area contributed by atoms with Crippen molar-refractivity contribution >= 4 is 17.2 Å². The van der Waals surface area contributed by atoms with E-state index in [0.29, 0.717) is 6.42 Å². The van der Waals surface area contributed by atoms with E-state index >= 15 is 0 Å². The Morgan fingerprint density at radius 1 is 1.19 bits per heavy atom. The Balaban J connectivity index is 2.14. The molecule has 2 aliphatic rings. The first kappa shape index (κ1) is 9.46. The summed E-state index contributed by atoms with van der Waals surface area (Å²) >= 11 is 0. The summed E-state index contributed by atoms with van der Waals surface area (Å²) in [5.41, 5.74) is 2.40. The van der Waals surface area contributed by atoms with Gasteiger partial charge >= 0.3 is 0 Å². The van der Waals surface area contributed by atoms with Crippen LogP contribution in [0, 0.1) is 0 Å². The standard InChI is InChI=1S/C13H14N2O/c1-14-11-6-2-3-7-12(11)15-8-4-5-10(16)9-13(14)15/h2-3,6-7,9H,4-5,8H2,1H3. The summed E-state index contributed by atoms with van der Waals surface area (Å²) in [4.78, 5) is 15.9. The van der Waals surface area contributed by atoms with Crippen molar-refractivity contribution in [3.8, 4) is 0 Å². The number of ketones is 1. The van der Waals surface area contributed by atoms with Crippen molar-refractivity contribution in [2.45, 2.75) is 12.8 Å². The van der Waals surface area contributed by atoms with Crippen LogP contribution in [0.5, 0.6) is 0 Å². The van der Waals surface area contributed by atoms with Crippen LogP contribution in [-0.4, -0.2) is 19.4 Å². The van der Waals surface area contributed by atoms with Gasteiger partial charge < -0.3 is 9.80 Å². The van der Waals surface area contributed by atoms with Gasteiger partial charge in [-0.3, -0.25) is 4.79 Å². The van der Waals surface area contributed by atoms with Gasteiger partial charge in [-0.2, -0.15) is 0 Å². The number of carbonyl (C=O) groups is 1. The number of anilines is 2. The third-order valence-electron chi connectivity index (χ3n) is 3.25. The SMILES string of the molecule is CN1C2=CC(=O)CCCN2c2ccccc21. The Hall–Kier alpha value is -1.77. The van der Waals surface area contributed by atoms with Gasteiger partial charge in [0.25, 0.3) is 0 Å². The van der Waals surface area contributed by atoms with Crippen LogP contribution in [0.4, 0.5) is 11.4 Å². The zero-order chi connectivity index (χ0) is 11.1. The molecule has 2 aliphatic heterocycles. The molecule has 0 unspecified atom stereocenters.